The first kappa shape index (κ1) is 17.4. The van der Waals surface area contributed by atoms with Gasteiger partial charge in [0.1, 0.15) is 5.82 Å². The van der Waals surface area contributed by atoms with Crippen molar-refractivity contribution in [2.24, 2.45) is 0 Å². The lowest BCUT2D eigenvalue weighted by molar-refractivity contribution is 0.686. The summed E-state index contributed by atoms with van der Waals surface area (Å²) in [7, 11) is 0. The summed E-state index contributed by atoms with van der Waals surface area (Å²) in [4.78, 5) is 14.6. The first-order valence-corrected chi connectivity index (χ1v) is 8.94. The minimum atomic E-state index is 0.242. The fourth-order valence-corrected chi connectivity index (χ4v) is 3.04. The summed E-state index contributed by atoms with van der Waals surface area (Å²) in [6, 6.07) is 0.242. The second-order valence-electron chi connectivity index (χ2n) is 5.50. The molecule has 2 aromatic heterocycles. The van der Waals surface area contributed by atoms with Gasteiger partial charge in [-0.25, -0.2) is 9.97 Å². The minimum absolute atomic E-state index is 0.242. The van der Waals surface area contributed by atoms with Crippen molar-refractivity contribution < 1.29 is 0 Å². The molecular weight excluding hydrogens is 310 g/mol. The van der Waals surface area contributed by atoms with E-state index < -0.39 is 0 Å². The number of nitrogens with one attached hydrogen (secondary N) is 5. The largest absolute Gasteiger partial charge is 0.357 e. The maximum absolute atomic E-state index is 7.90. The first-order valence-electron chi connectivity index (χ1n) is 7.78. The molecule has 0 saturated heterocycles. The van der Waals surface area contributed by atoms with Gasteiger partial charge in [0.2, 0.25) is 0 Å². The molecular formula is C15H25N7S. The smallest absolute Gasteiger partial charge is 0.188 e. The summed E-state index contributed by atoms with van der Waals surface area (Å²) >= 11 is 1.82. The zero-order chi connectivity index (χ0) is 16.5. The maximum atomic E-state index is 7.90. The SMILES string of the molecule is Cc1nc(CSC[C@H](C)NC(=N)NCCCc2c[nH]cn2)c[nH]1. The van der Waals surface area contributed by atoms with E-state index in [0.717, 1.165) is 48.1 Å². The molecule has 0 bridgehead atoms. The summed E-state index contributed by atoms with van der Waals surface area (Å²) in [5.74, 6) is 3.16. The molecule has 0 aliphatic heterocycles. The Labute approximate surface area is 141 Å². The summed E-state index contributed by atoms with van der Waals surface area (Å²) in [6.45, 7) is 4.81. The van der Waals surface area contributed by atoms with Crippen molar-refractivity contribution in [1.82, 2.24) is 30.6 Å². The Morgan fingerprint density at radius 1 is 1.39 bits per heavy atom. The van der Waals surface area contributed by atoms with Crippen LogP contribution in [-0.4, -0.2) is 44.2 Å². The number of nitrogens with zero attached hydrogens (tertiary/aromatic N) is 2. The van der Waals surface area contributed by atoms with Gasteiger partial charge in [0.25, 0.3) is 0 Å². The molecule has 1 atom stereocenters. The van der Waals surface area contributed by atoms with E-state index in [-0.39, 0.29) is 6.04 Å². The number of hydrogen-bond acceptors (Lipinski definition) is 4. The van der Waals surface area contributed by atoms with Crippen LogP contribution in [0.25, 0.3) is 0 Å². The number of aromatic nitrogens is 4. The van der Waals surface area contributed by atoms with Crippen molar-refractivity contribution in [2.75, 3.05) is 12.3 Å². The predicted octanol–water partition coefficient (Wildman–Crippen LogP) is 1.81. The molecule has 2 rings (SSSR count). The van der Waals surface area contributed by atoms with Gasteiger partial charge in [-0.05, 0) is 26.7 Å². The molecule has 0 unspecified atom stereocenters. The molecule has 8 heteroatoms. The van der Waals surface area contributed by atoms with Gasteiger partial charge in [0, 0.05) is 36.5 Å². The lowest BCUT2D eigenvalue weighted by Gasteiger charge is -2.16. The van der Waals surface area contributed by atoms with E-state index >= 15 is 0 Å². The van der Waals surface area contributed by atoms with Crippen molar-refractivity contribution in [3.05, 3.63) is 35.9 Å². The highest BCUT2D eigenvalue weighted by atomic mass is 32.2. The van der Waals surface area contributed by atoms with Gasteiger partial charge in [0.15, 0.2) is 5.96 Å². The van der Waals surface area contributed by atoms with Crippen LogP contribution in [0.2, 0.25) is 0 Å². The third-order valence-corrected chi connectivity index (χ3v) is 4.47. The number of hydrogen-bond donors (Lipinski definition) is 5. The van der Waals surface area contributed by atoms with Gasteiger partial charge < -0.3 is 20.6 Å². The Kier molecular flexibility index (Phi) is 6.99. The molecule has 0 aliphatic carbocycles. The van der Waals surface area contributed by atoms with Crippen LogP contribution < -0.4 is 10.6 Å². The molecule has 0 aliphatic rings. The molecule has 2 heterocycles. The lowest BCUT2D eigenvalue weighted by atomic mass is 10.2. The molecule has 0 fully saturated rings. The summed E-state index contributed by atoms with van der Waals surface area (Å²) in [6.07, 6.45) is 7.41. The summed E-state index contributed by atoms with van der Waals surface area (Å²) in [5.41, 5.74) is 2.14. The van der Waals surface area contributed by atoms with Gasteiger partial charge in [-0.15, -0.1) is 0 Å². The van der Waals surface area contributed by atoms with Crippen LogP contribution in [0.1, 0.15) is 30.6 Å². The molecule has 0 radical (unpaired) electrons. The van der Waals surface area contributed by atoms with E-state index in [1.807, 2.05) is 31.1 Å². The highest BCUT2D eigenvalue weighted by Gasteiger charge is 2.05. The third-order valence-electron chi connectivity index (χ3n) is 3.23. The quantitative estimate of drug-likeness (QED) is 0.273. The third kappa shape index (κ3) is 6.77. The molecule has 0 spiro atoms. The fraction of sp³-hybridized carbons (Fsp3) is 0.533. The Morgan fingerprint density at radius 3 is 2.96 bits per heavy atom. The Hall–Kier alpha value is -1.96. The number of aromatic amines is 2. The number of guanidine groups is 1. The van der Waals surface area contributed by atoms with Crippen LogP contribution in [-0.2, 0) is 12.2 Å². The van der Waals surface area contributed by atoms with Crippen LogP contribution >= 0.6 is 11.8 Å². The van der Waals surface area contributed by atoms with Crippen LogP contribution in [0, 0.1) is 12.3 Å². The number of aryl methyl sites for hydroxylation is 2. The average molecular weight is 335 g/mol. The number of imidazole rings is 2. The van der Waals surface area contributed by atoms with Crippen molar-refractivity contribution in [3.8, 4) is 0 Å². The van der Waals surface area contributed by atoms with E-state index in [1.54, 1.807) is 6.33 Å². The standard InChI is InChI=1S/C15H25N7S/c1-11(8-23-9-14-7-19-12(2)22-14)21-15(16)18-5-3-4-13-6-17-10-20-13/h6-7,10-11H,3-5,8-9H2,1-2H3,(H,17,20)(H,19,22)(H3,16,18,21)/t11-/m0/s1. The molecule has 0 aromatic carbocycles. The van der Waals surface area contributed by atoms with Crippen molar-refractivity contribution in [2.45, 2.75) is 38.5 Å². The topological polar surface area (TPSA) is 105 Å². The van der Waals surface area contributed by atoms with E-state index in [4.69, 9.17) is 5.41 Å². The molecule has 0 saturated carbocycles. The van der Waals surface area contributed by atoms with Crippen LogP contribution in [0.3, 0.4) is 0 Å². The van der Waals surface area contributed by atoms with E-state index in [1.165, 1.54) is 0 Å². The van der Waals surface area contributed by atoms with E-state index in [9.17, 15) is 0 Å². The van der Waals surface area contributed by atoms with E-state index in [2.05, 4.69) is 37.5 Å². The normalized spacial score (nSPS) is 12.1. The van der Waals surface area contributed by atoms with Crippen molar-refractivity contribution >= 4 is 17.7 Å². The van der Waals surface area contributed by atoms with Crippen LogP contribution in [0.4, 0.5) is 0 Å². The van der Waals surface area contributed by atoms with Crippen molar-refractivity contribution in [3.63, 3.8) is 0 Å². The summed E-state index contributed by atoms with van der Waals surface area (Å²) < 4.78 is 0. The zero-order valence-electron chi connectivity index (χ0n) is 13.6. The Morgan fingerprint density at radius 2 is 2.26 bits per heavy atom. The van der Waals surface area contributed by atoms with Gasteiger partial charge in [0.05, 0.1) is 17.7 Å². The monoisotopic (exact) mass is 335 g/mol. The molecule has 5 N–H and O–H groups in total. The van der Waals surface area contributed by atoms with Gasteiger partial charge >= 0.3 is 0 Å². The molecule has 0 amide bonds. The summed E-state index contributed by atoms with van der Waals surface area (Å²) in [5, 5.41) is 14.2. The van der Waals surface area contributed by atoms with E-state index in [0.29, 0.717) is 5.96 Å². The average Bonchev–Trinajstić information content (AvgIpc) is 3.15. The minimum Gasteiger partial charge on any atom is -0.357 e. The fourth-order valence-electron chi connectivity index (χ4n) is 2.13. The predicted molar refractivity (Wildman–Crippen MR) is 94.7 cm³/mol. The Bertz CT molecular complexity index is 578. The van der Waals surface area contributed by atoms with Gasteiger partial charge in [-0.3, -0.25) is 5.41 Å². The highest BCUT2D eigenvalue weighted by Crippen LogP contribution is 2.11. The van der Waals surface area contributed by atoms with Crippen LogP contribution in [0.5, 0.6) is 0 Å². The molecule has 2 aromatic rings. The Balaban J connectivity index is 1.51. The first-order chi connectivity index (χ1) is 11.1. The maximum Gasteiger partial charge on any atom is 0.188 e. The van der Waals surface area contributed by atoms with Crippen LogP contribution in [0.15, 0.2) is 18.7 Å². The van der Waals surface area contributed by atoms with Crippen molar-refractivity contribution in [1.29, 1.82) is 5.41 Å². The lowest BCUT2D eigenvalue weighted by Crippen LogP contribution is -2.42. The highest BCUT2D eigenvalue weighted by molar-refractivity contribution is 7.98. The number of H-pyrrole nitrogens is 2. The second-order valence-corrected chi connectivity index (χ2v) is 6.53. The van der Waals surface area contributed by atoms with Gasteiger partial charge in [-0.2, -0.15) is 11.8 Å². The molecule has 7 nitrogen and oxygen atoms in total. The molecule has 126 valence electrons. The molecule has 23 heavy (non-hydrogen) atoms. The number of thioether (sulfide) groups is 1. The zero-order valence-corrected chi connectivity index (χ0v) is 14.5. The number of rotatable bonds is 9. The van der Waals surface area contributed by atoms with Gasteiger partial charge in [-0.1, -0.05) is 0 Å². The second kappa shape index (κ2) is 9.24.